The van der Waals surface area contributed by atoms with E-state index in [0.717, 1.165) is 5.69 Å². The van der Waals surface area contributed by atoms with Crippen molar-refractivity contribution >= 4 is 45.7 Å². The highest BCUT2D eigenvalue weighted by atomic mass is 32.1. The highest BCUT2D eigenvalue weighted by molar-refractivity contribution is 7.14. The second kappa shape index (κ2) is 11.2. The zero-order valence-corrected chi connectivity index (χ0v) is 18.8. The number of aromatic nitrogens is 1. The normalized spacial score (nSPS) is 10.8. The lowest BCUT2D eigenvalue weighted by Crippen LogP contribution is -2.27. The van der Waals surface area contributed by atoms with Crippen LogP contribution < -0.4 is 15.1 Å². The van der Waals surface area contributed by atoms with Gasteiger partial charge in [-0.15, -0.1) is 11.3 Å². The van der Waals surface area contributed by atoms with Crippen LogP contribution in [0.1, 0.15) is 19.0 Å². The number of anilines is 3. The lowest BCUT2D eigenvalue weighted by atomic mass is 10.2. The second-order valence-electron chi connectivity index (χ2n) is 7.10. The average molecular weight is 453 g/mol. The van der Waals surface area contributed by atoms with E-state index in [9.17, 15) is 14.0 Å². The largest absolute Gasteiger partial charge is 0.372 e. The number of hydrogen-bond donors (Lipinski definition) is 1. The number of nitrogens with zero attached hydrogens (tertiary/aromatic N) is 3. The third kappa shape index (κ3) is 6.24. The van der Waals surface area contributed by atoms with Gasteiger partial charge in [0.15, 0.2) is 5.13 Å². The molecule has 8 heteroatoms. The molecule has 6 nitrogen and oxygen atoms in total. The van der Waals surface area contributed by atoms with E-state index < -0.39 is 0 Å². The number of carbonyl (C=O) groups is 2. The molecule has 1 aromatic heterocycles. The van der Waals surface area contributed by atoms with Gasteiger partial charge in [0, 0.05) is 38.5 Å². The molecule has 0 radical (unpaired) electrons. The van der Waals surface area contributed by atoms with Crippen molar-refractivity contribution < 1.29 is 14.0 Å². The van der Waals surface area contributed by atoms with Crippen molar-refractivity contribution in [1.82, 2.24) is 10.3 Å². The minimum Gasteiger partial charge on any atom is -0.372 e. The van der Waals surface area contributed by atoms with Gasteiger partial charge in [-0.05, 0) is 36.8 Å². The summed E-state index contributed by atoms with van der Waals surface area (Å²) in [7, 11) is 1.82. The fraction of sp³-hybridized carbons (Fsp3) is 0.208. The Labute approximate surface area is 191 Å². The molecule has 166 valence electrons. The number of thiazole rings is 1. The van der Waals surface area contributed by atoms with Crippen molar-refractivity contribution in [3.63, 3.8) is 0 Å². The van der Waals surface area contributed by atoms with Gasteiger partial charge in [0.2, 0.25) is 11.8 Å². The van der Waals surface area contributed by atoms with E-state index in [-0.39, 0.29) is 17.6 Å². The van der Waals surface area contributed by atoms with Gasteiger partial charge in [-0.2, -0.15) is 0 Å². The highest BCUT2D eigenvalue weighted by Gasteiger charge is 2.17. The zero-order chi connectivity index (χ0) is 22.9. The molecule has 3 rings (SSSR count). The van der Waals surface area contributed by atoms with Crippen LogP contribution in [0, 0.1) is 5.82 Å². The number of para-hydroxylation sites is 2. The topological polar surface area (TPSA) is 65.5 Å². The molecule has 0 aliphatic rings. The number of benzene rings is 2. The first-order valence-corrected chi connectivity index (χ1v) is 11.1. The SMILES string of the molecule is CC(=O)N(c1ccccc1)c1nc(C=CC(=O)NCCCN(C)c2ccccc2F)cs1. The van der Waals surface area contributed by atoms with Crippen molar-refractivity contribution in [3.8, 4) is 0 Å². The maximum atomic E-state index is 13.8. The minimum absolute atomic E-state index is 0.140. The van der Waals surface area contributed by atoms with Crippen LogP contribution in [0.2, 0.25) is 0 Å². The van der Waals surface area contributed by atoms with Gasteiger partial charge in [0.05, 0.1) is 17.1 Å². The molecule has 0 saturated heterocycles. The standard InChI is InChI=1S/C24H25FN4O2S/c1-18(30)29(20-9-4-3-5-10-20)24-27-19(17-32-24)13-14-23(31)26-15-8-16-28(2)22-12-7-6-11-21(22)25/h3-7,9-14,17H,8,15-16H2,1-2H3,(H,26,31). The van der Waals surface area contributed by atoms with Gasteiger partial charge in [0.25, 0.3) is 0 Å². The van der Waals surface area contributed by atoms with Gasteiger partial charge in [0.1, 0.15) is 5.82 Å². The number of rotatable bonds is 9. The lowest BCUT2D eigenvalue weighted by Gasteiger charge is -2.19. The van der Waals surface area contributed by atoms with Gasteiger partial charge < -0.3 is 10.2 Å². The molecule has 0 bridgehead atoms. The van der Waals surface area contributed by atoms with Crippen LogP contribution in [0.25, 0.3) is 6.08 Å². The molecule has 0 unspecified atom stereocenters. The molecular weight excluding hydrogens is 427 g/mol. The van der Waals surface area contributed by atoms with Crippen LogP contribution in [-0.2, 0) is 9.59 Å². The molecule has 32 heavy (non-hydrogen) atoms. The Morgan fingerprint density at radius 2 is 1.84 bits per heavy atom. The third-order valence-corrected chi connectivity index (χ3v) is 5.51. The Kier molecular flexibility index (Phi) is 8.10. The molecule has 2 amide bonds. The van der Waals surface area contributed by atoms with E-state index >= 15 is 0 Å². The minimum atomic E-state index is -0.264. The van der Waals surface area contributed by atoms with Crippen LogP contribution in [0.15, 0.2) is 66.1 Å². The van der Waals surface area contributed by atoms with Crippen LogP contribution in [-0.4, -0.2) is 36.9 Å². The summed E-state index contributed by atoms with van der Waals surface area (Å²) in [4.78, 5) is 32.0. The molecule has 1 N–H and O–H groups in total. The molecule has 0 aliphatic carbocycles. The Bertz CT molecular complexity index is 1080. The molecule has 0 atom stereocenters. The molecule has 0 aliphatic heterocycles. The van der Waals surface area contributed by atoms with Crippen LogP contribution >= 0.6 is 11.3 Å². The summed E-state index contributed by atoms with van der Waals surface area (Å²) < 4.78 is 13.8. The smallest absolute Gasteiger partial charge is 0.244 e. The molecule has 0 spiro atoms. The van der Waals surface area contributed by atoms with Crippen molar-refractivity contribution in [2.75, 3.05) is 29.9 Å². The number of nitrogens with one attached hydrogen (secondary N) is 1. The summed E-state index contributed by atoms with van der Waals surface area (Å²) >= 11 is 1.33. The molecule has 3 aromatic rings. The molecule has 1 heterocycles. The van der Waals surface area contributed by atoms with Crippen LogP contribution in [0.3, 0.4) is 0 Å². The van der Waals surface area contributed by atoms with E-state index in [2.05, 4.69) is 10.3 Å². The molecular formula is C24H25FN4O2S. The highest BCUT2D eigenvalue weighted by Crippen LogP contribution is 2.29. The summed E-state index contributed by atoms with van der Waals surface area (Å²) in [5.74, 6) is -0.640. The molecule has 0 fully saturated rings. The Morgan fingerprint density at radius 1 is 1.12 bits per heavy atom. The molecule has 0 saturated carbocycles. The maximum Gasteiger partial charge on any atom is 0.244 e. The summed E-state index contributed by atoms with van der Waals surface area (Å²) in [6.07, 6.45) is 3.71. The number of carbonyl (C=O) groups excluding carboxylic acids is 2. The number of amides is 2. The summed E-state index contributed by atoms with van der Waals surface area (Å²) in [6, 6.07) is 15.9. The van der Waals surface area contributed by atoms with Crippen molar-refractivity contribution in [2.45, 2.75) is 13.3 Å². The van der Waals surface area contributed by atoms with Crippen LogP contribution in [0.4, 0.5) is 20.9 Å². The Hall–Kier alpha value is -3.52. The van der Waals surface area contributed by atoms with E-state index in [0.29, 0.717) is 36.0 Å². The fourth-order valence-electron chi connectivity index (χ4n) is 3.09. The van der Waals surface area contributed by atoms with Gasteiger partial charge in [-0.25, -0.2) is 9.37 Å². The average Bonchev–Trinajstić information content (AvgIpc) is 3.24. The second-order valence-corrected chi connectivity index (χ2v) is 7.93. The lowest BCUT2D eigenvalue weighted by molar-refractivity contribution is -0.117. The van der Waals surface area contributed by atoms with E-state index in [1.165, 1.54) is 35.3 Å². The predicted octanol–water partition coefficient (Wildman–Crippen LogP) is 4.62. The molecule has 2 aromatic carbocycles. The van der Waals surface area contributed by atoms with E-state index in [1.54, 1.807) is 29.7 Å². The van der Waals surface area contributed by atoms with E-state index in [1.807, 2.05) is 42.3 Å². The van der Waals surface area contributed by atoms with Crippen molar-refractivity contribution in [2.24, 2.45) is 0 Å². The van der Waals surface area contributed by atoms with Gasteiger partial charge >= 0.3 is 0 Å². The Morgan fingerprint density at radius 3 is 2.56 bits per heavy atom. The van der Waals surface area contributed by atoms with Crippen molar-refractivity contribution in [3.05, 3.63) is 77.6 Å². The summed E-state index contributed by atoms with van der Waals surface area (Å²) in [5, 5.41) is 5.15. The number of halogens is 1. The van der Waals surface area contributed by atoms with Crippen LogP contribution in [0.5, 0.6) is 0 Å². The quantitative estimate of drug-likeness (QED) is 0.380. The predicted molar refractivity (Wildman–Crippen MR) is 128 cm³/mol. The maximum absolute atomic E-state index is 13.8. The summed E-state index contributed by atoms with van der Waals surface area (Å²) in [5.41, 5.74) is 1.87. The monoisotopic (exact) mass is 452 g/mol. The number of hydrogen-bond acceptors (Lipinski definition) is 5. The first-order chi connectivity index (χ1) is 15.5. The fourth-order valence-corrected chi connectivity index (χ4v) is 3.94. The van der Waals surface area contributed by atoms with Crippen molar-refractivity contribution in [1.29, 1.82) is 0 Å². The van der Waals surface area contributed by atoms with Gasteiger partial charge in [-0.3, -0.25) is 14.5 Å². The third-order valence-electron chi connectivity index (χ3n) is 4.67. The summed E-state index contributed by atoms with van der Waals surface area (Å²) in [6.45, 7) is 2.57. The van der Waals surface area contributed by atoms with E-state index in [4.69, 9.17) is 0 Å². The Balaban J connectivity index is 1.49. The zero-order valence-electron chi connectivity index (χ0n) is 18.0. The first-order valence-electron chi connectivity index (χ1n) is 10.2. The first kappa shape index (κ1) is 23.1. The van der Waals surface area contributed by atoms with Gasteiger partial charge in [-0.1, -0.05) is 30.3 Å².